The smallest absolute Gasteiger partial charge is 0.242 e. The Kier molecular flexibility index (Phi) is 7.20. The molecule has 0 aliphatic carbocycles. The van der Waals surface area contributed by atoms with Crippen LogP contribution < -0.4 is 16.6 Å². The number of aliphatic imine (C=N–C) groups is 1. The van der Waals surface area contributed by atoms with Gasteiger partial charge in [-0.3, -0.25) is 15.2 Å². The number of hydrogen-bond donors (Lipinski definition) is 3. The van der Waals surface area contributed by atoms with E-state index in [9.17, 15) is 4.79 Å². The zero-order chi connectivity index (χ0) is 14.1. The summed E-state index contributed by atoms with van der Waals surface area (Å²) in [5.74, 6) is 6.14. The van der Waals surface area contributed by atoms with Gasteiger partial charge in [0.15, 0.2) is 0 Å². The maximum Gasteiger partial charge on any atom is 0.242 e. The molecule has 7 nitrogen and oxygen atoms in total. The molecule has 1 aliphatic heterocycles. The van der Waals surface area contributed by atoms with E-state index in [1.807, 2.05) is 18.7 Å². The highest BCUT2D eigenvalue weighted by Gasteiger charge is 2.29. The molecule has 0 radical (unpaired) electrons. The summed E-state index contributed by atoms with van der Waals surface area (Å²) < 4.78 is 5.26. The monoisotopic (exact) mass is 271 g/mol. The van der Waals surface area contributed by atoms with E-state index in [0.29, 0.717) is 25.7 Å². The van der Waals surface area contributed by atoms with Crippen LogP contribution in [0.4, 0.5) is 0 Å². The fourth-order valence-electron chi connectivity index (χ4n) is 2.09. The minimum absolute atomic E-state index is 0.0333. The number of guanidine groups is 1. The van der Waals surface area contributed by atoms with Gasteiger partial charge >= 0.3 is 0 Å². The van der Waals surface area contributed by atoms with Crippen LogP contribution in [0.3, 0.4) is 0 Å². The SMILES string of the molecule is CCOCCCN=C(NN)N1CCNC(=O)C1CC. The highest BCUT2D eigenvalue weighted by atomic mass is 16.5. The van der Waals surface area contributed by atoms with Gasteiger partial charge in [-0.05, 0) is 19.8 Å². The van der Waals surface area contributed by atoms with Crippen molar-refractivity contribution in [1.29, 1.82) is 0 Å². The number of hydrogen-bond acceptors (Lipinski definition) is 4. The van der Waals surface area contributed by atoms with Crippen molar-refractivity contribution in [3.63, 3.8) is 0 Å². The summed E-state index contributed by atoms with van der Waals surface area (Å²) in [5.41, 5.74) is 2.60. The summed E-state index contributed by atoms with van der Waals surface area (Å²) in [5, 5.41) is 2.85. The molecule has 1 unspecified atom stereocenters. The number of piperazine rings is 1. The summed E-state index contributed by atoms with van der Waals surface area (Å²) in [6, 6.07) is -0.199. The molecule has 7 heteroatoms. The standard InChI is InChI=1S/C12H25N5O2/c1-3-10-11(18)14-7-8-17(10)12(16-13)15-6-5-9-19-4-2/h10H,3-9,13H2,1-2H3,(H,14,18)(H,15,16). The molecular formula is C12H25N5O2. The van der Waals surface area contributed by atoms with E-state index in [0.717, 1.165) is 26.0 Å². The van der Waals surface area contributed by atoms with Crippen molar-refractivity contribution < 1.29 is 9.53 Å². The fraction of sp³-hybridized carbons (Fsp3) is 0.833. The van der Waals surface area contributed by atoms with E-state index in [1.54, 1.807) is 0 Å². The van der Waals surface area contributed by atoms with Gasteiger partial charge in [-0.1, -0.05) is 6.92 Å². The number of rotatable bonds is 6. The second kappa shape index (κ2) is 8.71. The van der Waals surface area contributed by atoms with E-state index in [1.165, 1.54) is 0 Å². The maximum atomic E-state index is 11.8. The van der Waals surface area contributed by atoms with Crippen molar-refractivity contribution in [2.75, 3.05) is 32.8 Å². The third-order valence-electron chi connectivity index (χ3n) is 3.03. The molecule has 1 atom stereocenters. The first kappa shape index (κ1) is 15.7. The average Bonchev–Trinajstić information content (AvgIpc) is 2.43. The Balaban J connectivity index is 2.56. The van der Waals surface area contributed by atoms with Crippen LogP contribution in [-0.2, 0) is 9.53 Å². The minimum Gasteiger partial charge on any atom is -0.382 e. The minimum atomic E-state index is -0.199. The van der Waals surface area contributed by atoms with Gasteiger partial charge in [0, 0.05) is 32.8 Å². The molecule has 1 heterocycles. The van der Waals surface area contributed by atoms with Gasteiger partial charge in [-0.25, -0.2) is 5.84 Å². The molecule has 19 heavy (non-hydrogen) atoms. The number of carbonyl (C=O) groups excluding carboxylic acids is 1. The Hall–Kier alpha value is -1.34. The Morgan fingerprint density at radius 1 is 1.63 bits per heavy atom. The topological polar surface area (TPSA) is 92.0 Å². The summed E-state index contributed by atoms with van der Waals surface area (Å²) >= 11 is 0. The van der Waals surface area contributed by atoms with E-state index < -0.39 is 0 Å². The van der Waals surface area contributed by atoms with Crippen LogP contribution in [0, 0.1) is 0 Å². The molecular weight excluding hydrogens is 246 g/mol. The normalized spacial score (nSPS) is 20.4. The second-order valence-electron chi connectivity index (χ2n) is 4.31. The van der Waals surface area contributed by atoms with E-state index in [-0.39, 0.29) is 11.9 Å². The summed E-state index contributed by atoms with van der Waals surface area (Å²) in [6.45, 7) is 7.33. The highest BCUT2D eigenvalue weighted by molar-refractivity contribution is 5.89. The van der Waals surface area contributed by atoms with Gasteiger partial charge in [0.05, 0.1) is 0 Å². The van der Waals surface area contributed by atoms with Crippen LogP contribution >= 0.6 is 0 Å². The van der Waals surface area contributed by atoms with Gasteiger partial charge in [0.2, 0.25) is 11.9 Å². The zero-order valence-corrected chi connectivity index (χ0v) is 11.8. The van der Waals surface area contributed by atoms with Gasteiger partial charge in [0.1, 0.15) is 6.04 Å². The largest absolute Gasteiger partial charge is 0.382 e. The van der Waals surface area contributed by atoms with E-state index in [4.69, 9.17) is 10.6 Å². The third-order valence-corrected chi connectivity index (χ3v) is 3.03. The molecule has 0 aromatic rings. The molecule has 4 N–H and O–H groups in total. The first-order valence-corrected chi connectivity index (χ1v) is 6.87. The molecule has 1 fully saturated rings. The first-order valence-electron chi connectivity index (χ1n) is 6.87. The quantitative estimate of drug-likeness (QED) is 0.198. The highest BCUT2D eigenvalue weighted by Crippen LogP contribution is 2.08. The summed E-state index contributed by atoms with van der Waals surface area (Å²) in [4.78, 5) is 18.1. The molecule has 1 amide bonds. The van der Waals surface area contributed by atoms with Crippen LogP contribution in [-0.4, -0.2) is 55.7 Å². The number of nitrogens with one attached hydrogen (secondary N) is 2. The third kappa shape index (κ3) is 4.68. The van der Waals surface area contributed by atoms with Crippen molar-refractivity contribution in [1.82, 2.24) is 15.6 Å². The molecule has 0 aromatic carbocycles. The van der Waals surface area contributed by atoms with Gasteiger partial charge < -0.3 is 15.0 Å². The van der Waals surface area contributed by atoms with Crippen LogP contribution in [0.15, 0.2) is 4.99 Å². The van der Waals surface area contributed by atoms with Gasteiger partial charge in [-0.2, -0.15) is 0 Å². The van der Waals surface area contributed by atoms with Crippen molar-refractivity contribution >= 4 is 11.9 Å². The predicted molar refractivity (Wildman–Crippen MR) is 74.5 cm³/mol. The molecule has 0 aromatic heterocycles. The zero-order valence-electron chi connectivity index (χ0n) is 11.8. The predicted octanol–water partition coefficient (Wildman–Crippen LogP) is -0.557. The Bertz CT molecular complexity index is 308. The average molecular weight is 271 g/mol. The molecule has 110 valence electrons. The van der Waals surface area contributed by atoms with Crippen LogP contribution in [0.25, 0.3) is 0 Å². The number of nitrogens with two attached hydrogens (primary N) is 1. The van der Waals surface area contributed by atoms with E-state index >= 15 is 0 Å². The number of amides is 1. The molecule has 0 spiro atoms. The Labute approximate surface area is 114 Å². The lowest BCUT2D eigenvalue weighted by Crippen LogP contribution is -2.60. The van der Waals surface area contributed by atoms with Crippen LogP contribution in [0.2, 0.25) is 0 Å². The Morgan fingerprint density at radius 3 is 3.05 bits per heavy atom. The number of hydrazine groups is 1. The Morgan fingerprint density at radius 2 is 2.42 bits per heavy atom. The summed E-state index contributed by atoms with van der Waals surface area (Å²) in [6.07, 6.45) is 1.57. The number of nitrogens with zero attached hydrogens (tertiary/aromatic N) is 2. The van der Waals surface area contributed by atoms with Crippen LogP contribution in [0.1, 0.15) is 26.7 Å². The lowest BCUT2D eigenvalue weighted by molar-refractivity contribution is -0.127. The van der Waals surface area contributed by atoms with Crippen molar-refractivity contribution in [2.24, 2.45) is 10.8 Å². The maximum absolute atomic E-state index is 11.8. The molecule has 0 saturated carbocycles. The van der Waals surface area contributed by atoms with Gasteiger partial charge in [-0.15, -0.1) is 0 Å². The lowest BCUT2D eigenvalue weighted by Gasteiger charge is -2.36. The van der Waals surface area contributed by atoms with E-state index in [2.05, 4.69) is 15.7 Å². The molecule has 1 rings (SSSR count). The van der Waals surface area contributed by atoms with Crippen molar-refractivity contribution in [2.45, 2.75) is 32.7 Å². The van der Waals surface area contributed by atoms with Crippen molar-refractivity contribution in [3.8, 4) is 0 Å². The van der Waals surface area contributed by atoms with Gasteiger partial charge in [0.25, 0.3) is 0 Å². The van der Waals surface area contributed by atoms with Crippen molar-refractivity contribution in [3.05, 3.63) is 0 Å². The van der Waals surface area contributed by atoms with Crippen LogP contribution in [0.5, 0.6) is 0 Å². The molecule has 1 saturated heterocycles. The lowest BCUT2D eigenvalue weighted by atomic mass is 10.1. The molecule has 0 bridgehead atoms. The second-order valence-corrected chi connectivity index (χ2v) is 4.31. The first-order chi connectivity index (χ1) is 9.24. The number of ether oxygens (including phenoxy) is 1. The fourth-order valence-corrected chi connectivity index (χ4v) is 2.09. The summed E-state index contributed by atoms with van der Waals surface area (Å²) in [7, 11) is 0. The molecule has 1 aliphatic rings. The number of carbonyl (C=O) groups is 1.